The fraction of sp³-hybridized carbons (Fsp3) is 0.231. The summed E-state index contributed by atoms with van der Waals surface area (Å²) in [5.74, 6) is -0.745. The average molecular weight is 473 g/mol. The van der Waals surface area contributed by atoms with Gasteiger partial charge in [-0.05, 0) is 48.7 Å². The van der Waals surface area contributed by atoms with Gasteiger partial charge in [-0.15, -0.1) is 0 Å². The number of aryl methyl sites for hydroxylation is 1. The Morgan fingerprint density at radius 1 is 1.11 bits per heavy atom. The van der Waals surface area contributed by atoms with E-state index in [1.165, 1.54) is 12.1 Å². The van der Waals surface area contributed by atoms with E-state index in [4.69, 9.17) is 0 Å². The first-order valence-electron chi connectivity index (χ1n) is 11.5. The molecular formula is C26H25FN6O2. The molecule has 0 bridgehead atoms. The molecule has 0 aliphatic carbocycles. The van der Waals surface area contributed by atoms with Gasteiger partial charge in [-0.2, -0.15) is 10.2 Å². The maximum atomic E-state index is 13.5. The Balaban J connectivity index is 1.35. The first-order valence-corrected chi connectivity index (χ1v) is 11.5. The number of halogens is 1. The molecule has 1 aliphatic heterocycles. The highest BCUT2D eigenvalue weighted by atomic mass is 19.1. The number of hydrogen-bond acceptors (Lipinski definition) is 4. The summed E-state index contributed by atoms with van der Waals surface area (Å²) >= 11 is 0. The molecule has 1 aliphatic rings. The van der Waals surface area contributed by atoms with Crippen LogP contribution >= 0.6 is 0 Å². The maximum absolute atomic E-state index is 13.5. The van der Waals surface area contributed by atoms with Crippen molar-refractivity contribution in [1.29, 1.82) is 0 Å². The van der Waals surface area contributed by atoms with Gasteiger partial charge in [0.15, 0.2) is 5.69 Å². The van der Waals surface area contributed by atoms with Gasteiger partial charge in [0.05, 0.1) is 17.4 Å². The summed E-state index contributed by atoms with van der Waals surface area (Å²) in [7, 11) is 1.74. The van der Waals surface area contributed by atoms with Crippen LogP contribution in [0.25, 0.3) is 11.1 Å². The highest BCUT2D eigenvalue weighted by Gasteiger charge is 2.29. The highest BCUT2D eigenvalue weighted by molar-refractivity contribution is 6.08. The average Bonchev–Trinajstić information content (AvgIpc) is 3.54. The number of carbonyl (C=O) groups is 2. The second-order valence-corrected chi connectivity index (χ2v) is 8.67. The van der Waals surface area contributed by atoms with Gasteiger partial charge in [0.1, 0.15) is 5.82 Å². The number of aromatic nitrogens is 4. The molecule has 178 valence electrons. The number of carbonyl (C=O) groups excluding carboxylic acids is 2. The van der Waals surface area contributed by atoms with E-state index >= 15 is 0 Å². The third-order valence-electron chi connectivity index (χ3n) is 6.29. The molecule has 9 heteroatoms. The van der Waals surface area contributed by atoms with Crippen molar-refractivity contribution < 1.29 is 14.0 Å². The van der Waals surface area contributed by atoms with Gasteiger partial charge in [0.25, 0.3) is 11.8 Å². The summed E-state index contributed by atoms with van der Waals surface area (Å²) in [6.45, 7) is 1.13. The van der Waals surface area contributed by atoms with Gasteiger partial charge < -0.3 is 10.2 Å². The van der Waals surface area contributed by atoms with Crippen LogP contribution in [0.2, 0.25) is 0 Å². The Hall–Kier alpha value is -4.27. The van der Waals surface area contributed by atoms with Crippen molar-refractivity contribution in [2.75, 3.05) is 18.4 Å². The van der Waals surface area contributed by atoms with Crippen LogP contribution in [-0.2, 0) is 7.05 Å². The van der Waals surface area contributed by atoms with E-state index in [0.717, 1.165) is 29.7 Å². The third kappa shape index (κ3) is 4.70. The highest BCUT2D eigenvalue weighted by Crippen LogP contribution is 2.34. The summed E-state index contributed by atoms with van der Waals surface area (Å²) in [6.07, 6.45) is 5.17. The van der Waals surface area contributed by atoms with Crippen LogP contribution in [0.3, 0.4) is 0 Å². The zero-order valence-corrected chi connectivity index (χ0v) is 19.2. The summed E-state index contributed by atoms with van der Waals surface area (Å²) in [6, 6.07) is 15.0. The van der Waals surface area contributed by atoms with Crippen LogP contribution < -0.4 is 5.32 Å². The quantitative estimate of drug-likeness (QED) is 0.455. The van der Waals surface area contributed by atoms with Crippen LogP contribution in [0.5, 0.6) is 0 Å². The van der Waals surface area contributed by atoms with Crippen LogP contribution in [0, 0.1) is 5.82 Å². The number of likely N-dealkylation sites (tertiary alicyclic amines) is 1. The standard InChI is InChI=1S/C26H25FN6O2/c1-32-14-12-23(31-32)25(34)29-22-7-3-2-6-20(22)26(35)33-13-4-5-18(16-33)24-21(15-28-30-24)17-8-10-19(27)11-9-17/h2-3,6-12,14-15,18H,4-5,13,16H2,1H3,(H,28,30)(H,29,34). The Kier molecular flexibility index (Phi) is 6.13. The molecule has 4 aromatic rings. The minimum absolute atomic E-state index is 0.0607. The lowest BCUT2D eigenvalue weighted by Gasteiger charge is -2.33. The van der Waals surface area contributed by atoms with Crippen LogP contribution in [0.15, 0.2) is 67.0 Å². The van der Waals surface area contributed by atoms with Crippen molar-refractivity contribution >= 4 is 17.5 Å². The number of amides is 2. The number of para-hydroxylation sites is 1. The number of nitrogens with zero attached hydrogens (tertiary/aromatic N) is 4. The molecule has 2 amide bonds. The molecule has 8 nitrogen and oxygen atoms in total. The van der Waals surface area contributed by atoms with E-state index in [2.05, 4.69) is 20.6 Å². The molecule has 0 saturated carbocycles. The van der Waals surface area contributed by atoms with Crippen LogP contribution in [-0.4, -0.2) is 49.8 Å². The lowest BCUT2D eigenvalue weighted by atomic mass is 9.90. The molecule has 1 fully saturated rings. The molecule has 2 aromatic carbocycles. The molecule has 1 saturated heterocycles. The first-order chi connectivity index (χ1) is 17.0. The van der Waals surface area contributed by atoms with Crippen molar-refractivity contribution in [1.82, 2.24) is 24.9 Å². The molecule has 0 radical (unpaired) electrons. The van der Waals surface area contributed by atoms with Gasteiger partial charge in [0.2, 0.25) is 0 Å². The minimum Gasteiger partial charge on any atom is -0.338 e. The van der Waals surface area contributed by atoms with E-state index < -0.39 is 0 Å². The van der Waals surface area contributed by atoms with E-state index in [0.29, 0.717) is 24.3 Å². The van der Waals surface area contributed by atoms with Crippen molar-refractivity contribution in [3.63, 3.8) is 0 Å². The normalized spacial score (nSPS) is 15.7. The van der Waals surface area contributed by atoms with Gasteiger partial charge >= 0.3 is 0 Å². The van der Waals surface area contributed by atoms with E-state index in [-0.39, 0.29) is 29.2 Å². The Morgan fingerprint density at radius 2 is 1.91 bits per heavy atom. The first kappa shape index (κ1) is 22.5. The number of piperidine rings is 1. The smallest absolute Gasteiger partial charge is 0.276 e. The van der Waals surface area contributed by atoms with Gasteiger partial charge in [-0.25, -0.2) is 4.39 Å². The third-order valence-corrected chi connectivity index (χ3v) is 6.29. The minimum atomic E-state index is -0.372. The molecule has 5 rings (SSSR count). The Labute approximate surface area is 201 Å². The second-order valence-electron chi connectivity index (χ2n) is 8.67. The molecule has 35 heavy (non-hydrogen) atoms. The number of H-pyrrole nitrogens is 1. The number of aromatic amines is 1. The zero-order chi connectivity index (χ0) is 24.4. The summed E-state index contributed by atoms with van der Waals surface area (Å²) in [5.41, 5.74) is 3.88. The van der Waals surface area contributed by atoms with Crippen molar-refractivity contribution in [3.05, 3.63) is 89.8 Å². The summed E-state index contributed by atoms with van der Waals surface area (Å²) in [5, 5.41) is 14.3. The topological polar surface area (TPSA) is 95.9 Å². The fourth-order valence-electron chi connectivity index (χ4n) is 4.54. The predicted octanol–water partition coefficient (Wildman–Crippen LogP) is 4.22. The van der Waals surface area contributed by atoms with Crippen LogP contribution in [0.4, 0.5) is 10.1 Å². The monoisotopic (exact) mass is 472 g/mol. The number of benzene rings is 2. The Bertz CT molecular complexity index is 1360. The van der Waals surface area contributed by atoms with E-state index in [1.54, 1.807) is 66.6 Å². The van der Waals surface area contributed by atoms with Crippen molar-refractivity contribution in [2.45, 2.75) is 18.8 Å². The predicted molar refractivity (Wildman–Crippen MR) is 129 cm³/mol. The zero-order valence-electron chi connectivity index (χ0n) is 19.2. The molecule has 3 heterocycles. The molecule has 0 spiro atoms. The van der Waals surface area contributed by atoms with Crippen molar-refractivity contribution in [3.8, 4) is 11.1 Å². The van der Waals surface area contributed by atoms with Crippen molar-refractivity contribution in [2.24, 2.45) is 7.05 Å². The largest absolute Gasteiger partial charge is 0.338 e. The number of hydrogen-bond donors (Lipinski definition) is 2. The lowest BCUT2D eigenvalue weighted by Crippen LogP contribution is -2.39. The molecule has 1 unspecified atom stereocenters. The second kappa shape index (κ2) is 9.54. The molecule has 2 aromatic heterocycles. The van der Waals surface area contributed by atoms with Gasteiger partial charge in [0, 0.05) is 43.5 Å². The molecular weight excluding hydrogens is 447 g/mol. The molecule has 2 N–H and O–H groups in total. The van der Waals surface area contributed by atoms with Gasteiger partial charge in [-0.1, -0.05) is 24.3 Å². The van der Waals surface area contributed by atoms with Crippen LogP contribution in [0.1, 0.15) is 45.3 Å². The Morgan fingerprint density at radius 3 is 2.69 bits per heavy atom. The van der Waals surface area contributed by atoms with E-state index in [1.807, 2.05) is 4.90 Å². The van der Waals surface area contributed by atoms with E-state index in [9.17, 15) is 14.0 Å². The summed E-state index contributed by atoms with van der Waals surface area (Å²) < 4.78 is 14.9. The molecule has 1 atom stereocenters. The number of nitrogens with one attached hydrogen (secondary N) is 2. The maximum Gasteiger partial charge on any atom is 0.276 e. The number of rotatable bonds is 5. The van der Waals surface area contributed by atoms with Gasteiger partial charge in [-0.3, -0.25) is 19.4 Å². The SMILES string of the molecule is Cn1ccc(C(=O)Nc2ccccc2C(=O)N2CCCC(c3[nH]ncc3-c3ccc(F)cc3)C2)n1. The lowest BCUT2D eigenvalue weighted by molar-refractivity contribution is 0.0707. The summed E-state index contributed by atoms with van der Waals surface area (Å²) in [4.78, 5) is 28.0. The fourth-order valence-corrected chi connectivity index (χ4v) is 4.54. The number of anilines is 1.